The Balaban J connectivity index is 3.56. The molecule has 0 saturated heterocycles. The van der Waals surface area contributed by atoms with Crippen LogP contribution in [0.4, 0.5) is 13.2 Å². The van der Waals surface area contributed by atoms with Gasteiger partial charge in [0.15, 0.2) is 0 Å². The van der Waals surface area contributed by atoms with Crippen LogP contribution in [-0.4, -0.2) is 12.4 Å². The van der Waals surface area contributed by atoms with E-state index in [1.54, 1.807) is 0 Å². The topological polar surface area (TPSA) is 26.3 Å². The minimum absolute atomic E-state index is 0.190. The highest BCUT2D eigenvalue weighted by Crippen LogP contribution is 2.41. The van der Waals surface area contributed by atoms with Crippen molar-refractivity contribution in [3.8, 4) is 5.75 Å². The summed E-state index contributed by atoms with van der Waals surface area (Å²) in [5.41, 5.74) is -1.58. The van der Waals surface area contributed by atoms with Crippen molar-refractivity contribution in [2.24, 2.45) is 0 Å². The lowest BCUT2D eigenvalue weighted by molar-refractivity contribution is -0.138. The molecular weight excluding hydrogens is 268 g/mol. The lowest BCUT2D eigenvalue weighted by Crippen LogP contribution is -2.10. The molecule has 0 fully saturated rings. The highest BCUT2D eigenvalue weighted by Gasteiger charge is 2.36. The molecule has 2 nitrogen and oxygen atoms in total. The van der Waals surface area contributed by atoms with Gasteiger partial charge in [0.2, 0.25) is 0 Å². The lowest BCUT2D eigenvalue weighted by Gasteiger charge is -2.14. The molecule has 0 bridgehead atoms. The van der Waals surface area contributed by atoms with E-state index < -0.39 is 28.3 Å². The average Bonchev–Trinajstić information content (AvgIpc) is 2.14. The number of carbonyl (C=O) groups excluding carboxylic acids is 1. The zero-order valence-corrected chi connectivity index (χ0v) is 9.37. The summed E-state index contributed by atoms with van der Waals surface area (Å²) in [6.45, 7) is 0. The van der Waals surface area contributed by atoms with E-state index in [0.29, 0.717) is 0 Å². The standard InChI is InChI=1S/C9H5Cl2F3O2/c1-16-7-4(9(12,13)14)2-3-5(10)6(7)8(11)15/h2-3H,1H3. The molecule has 16 heavy (non-hydrogen) atoms. The van der Waals surface area contributed by atoms with Gasteiger partial charge < -0.3 is 4.74 Å². The fourth-order valence-electron chi connectivity index (χ4n) is 1.18. The molecule has 0 aliphatic rings. The Morgan fingerprint density at radius 3 is 2.31 bits per heavy atom. The molecule has 1 aromatic carbocycles. The van der Waals surface area contributed by atoms with Gasteiger partial charge in [0.1, 0.15) is 5.75 Å². The number of halogens is 5. The Hall–Kier alpha value is -0.940. The molecular formula is C9H5Cl2F3O2. The van der Waals surface area contributed by atoms with Crippen LogP contribution >= 0.6 is 23.2 Å². The smallest absolute Gasteiger partial charge is 0.419 e. The van der Waals surface area contributed by atoms with Crippen LogP contribution in [-0.2, 0) is 6.18 Å². The van der Waals surface area contributed by atoms with Crippen molar-refractivity contribution in [3.05, 3.63) is 28.3 Å². The van der Waals surface area contributed by atoms with Gasteiger partial charge in [-0.2, -0.15) is 13.2 Å². The Morgan fingerprint density at radius 1 is 1.38 bits per heavy atom. The SMILES string of the molecule is COc1c(C(F)(F)F)ccc(Cl)c1C(=O)Cl. The Kier molecular flexibility index (Phi) is 3.70. The number of methoxy groups -OCH3 is 1. The maximum absolute atomic E-state index is 12.5. The van der Waals surface area contributed by atoms with Gasteiger partial charge in [0, 0.05) is 0 Å². The summed E-state index contributed by atoms with van der Waals surface area (Å²) < 4.78 is 42.1. The van der Waals surface area contributed by atoms with Gasteiger partial charge in [-0.1, -0.05) is 11.6 Å². The Labute approximate surface area is 98.9 Å². The third kappa shape index (κ3) is 2.41. The average molecular weight is 273 g/mol. The van der Waals surface area contributed by atoms with Crippen LogP contribution in [0.15, 0.2) is 12.1 Å². The van der Waals surface area contributed by atoms with E-state index in [2.05, 4.69) is 4.74 Å². The molecule has 0 heterocycles. The molecule has 0 amide bonds. The van der Waals surface area contributed by atoms with Crippen molar-refractivity contribution >= 4 is 28.4 Å². The maximum Gasteiger partial charge on any atom is 0.419 e. The third-order valence-corrected chi connectivity index (χ3v) is 2.32. The number of rotatable bonds is 2. The van der Waals surface area contributed by atoms with E-state index in [1.807, 2.05) is 0 Å². The van der Waals surface area contributed by atoms with Gasteiger partial charge >= 0.3 is 6.18 Å². The fourth-order valence-corrected chi connectivity index (χ4v) is 1.65. The molecule has 0 aliphatic carbocycles. The summed E-state index contributed by atoms with van der Waals surface area (Å²) in [5.74, 6) is -0.667. The maximum atomic E-state index is 12.5. The molecule has 0 aliphatic heterocycles. The van der Waals surface area contributed by atoms with Gasteiger partial charge in [0.05, 0.1) is 23.3 Å². The number of hydrogen-bond acceptors (Lipinski definition) is 2. The highest BCUT2D eigenvalue weighted by atomic mass is 35.5. The van der Waals surface area contributed by atoms with Crippen molar-refractivity contribution in [1.29, 1.82) is 0 Å². The summed E-state index contributed by atoms with van der Waals surface area (Å²) in [6.07, 6.45) is -4.64. The van der Waals surface area contributed by atoms with E-state index in [9.17, 15) is 18.0 Å². The predicted octanol–water partition coefficient (Wildman–Crippen LogP) is 3.75. The molecule has 0 radical (unpaired) electrons. The molecule has 0 unspecified atom stereocenters. The predicted molar refractivity (Wildman–Crippen MR) is 53.2 cm³/mol. The molecule has 0 atom stereocenters. The van der Waals surface area contributed by atoms with Crippen LogP contribution in [0.3, 0.4) is 0 Å². The highest BCUT2D eigenvalue weighted by molar-refractivity contribution is 6.69. The molecule has 88 valence electrons. The van der Waals surface area contributed by atoms with Gasteiger partial charge in [-0.25, -0.2) is 0 Å². The van der Waals surface area contributed by atoms with Crippen LogP contribution < -0.4 is 4.74 Å². The van der Waals surface area contributed by atoms with Gasteiger partial charge in [0.25, 0.3) is 5.24 Å². The van der Waals surface area contributed by atoms with Crippen molar-refractivity contribution in [2.45, 2.75) is 6.18 Å². The summed E-state index contributed by atoms with van der Waals surface area (Å²) >= 11 is 10.7. The van der Waals surface area contributed by atoms with Crippen LogP contribution in [0.2, 0.25) is 5.02 Å². The van der Waals surface area contributed by atoms with Crippen molar-refractivity contribution in [1.82, 2.24) is 0 Å². The first-order chi connectivity index (χ1) is 7.29. The van der Waals surface area contributed by atoms with Crippen LogP contribution in [0.25, 0.3) is 0 Å². The van der Waals surface area contributed by atoms with E-state index in [0.717, 1.165) is 19.2 Å². The number of hydrogen-bond donors (Lipinski definition) is 0. The fraction of sp³-hybridized carbons (Fsp3) is 0.222. The second-order valence-electron chi connectivity index (χ2n) is 2.77. The summed E-state index contributed by atoms with van der Waals surface area (Å²) in [6, 6.07) is 1.67. The largest absolute Gasteiger partial charge is 0.495 e. The first-order valence-corrected chi connectivity index (χ1v) is 4.68. The number of ether oxygens (including phenoxy) is 1. The monoisotopic (exact) mass is 272 g/mol. The molecule has 0 N–H and O–H groups in total. The van der Waals surface area contributed by atoms with Gasteiger partial charge in [-0.3, -0.25) is 4.79 Å². The van der Waals surface area contributed by atoms with Crippen LogP contribution in [0.1, 0.15) is 15.9 Å². The molecule has 0 saturated carbocycles. The number of benzene rings is 1. The minimum Gasteiger partial charge on any atom is -0.495 e. The molecule has 0 aromatic heterocycles. The number of carbonyl (C=O) groups is 1. The van der Waals surface area contributed by atoms with Crippen LogP contribution in [0.5, 0.6) is 5.75 Å². The second-order valence-corrected chi connectivity index (χ2v) is 3.53. The first-order valence-electron chi connectivity index (χ1n) is 3.92. The minimum atomic E-state index is -4.64. The van der Waals surface area contributed by atoms with Crippen LogP contribution in [0, 0.1) is 0 Å². The third-order valence-electron chi connectivity index (χ3n) is 1.81. The normalized spacial score (nSPS) is 11.4. The van der Waals surface area contributed by atoms with E-state index in [-0.39, 0.29) is 5.02 Å². The molecule has 7 heteroatoms. The second kappa shape index (κ2) is 4.51. The molecule has 1 rings (SSSR count). The number of alkyl halides is 3. The zero-order chi connectivity index (χ0) is 12.5. The van der Waals surface area contributed by atoms with E-state index in [1.165, 1.54) is 0 Å². The van der Waals surface area contributed by atoms with E-state index >= 15 is 0 Å². The summed E-state index contributed by atoms with van der Waals surface area (Å²) in [4.78, 5) is 11.0. The molecule has 1 aromatic rings. The summed E-state index contributed by atoms with van der Waals surface area (Å²) in [5, 5.41) is -1.29. The van der Waals surface area contributed by atoms with Gasteiger partial charge in [-0.15, -0.1) is 0 Å². The summed E-state index contributed by atoms with van der Waals surface area (Å²) in [7, 11) is 1.00. The van der Waals surface area contributed by atoms with Crippen molar-refractivity contribution in [2.75, 3.05) is 7.11 Å². The zero-order valence-electron chi connectivity index (χ0n) is 7.86. The van der Waals surface area contributed by atoms with Gasteiger partial charge in [-0.05, 0) is 23.7 Å². The molecule has 0 spiro atoms. The van der Waals surface area contributed by atoms with Crippen molar-refractivity contribution < 1.29 is 22.7 Å². The lowest BCUT2D eigenvalue weighted by atomic mass is 10.1. The Morgan fingerprint density at radius 2 is 1.94 bits per heavy atom. The van der Waals surface area contributed by atoms with E-state index in [4.69, 9.17) is 23.2 Å². The van der Waals surface area contributed by atoms with Crippen molar-refractivity contribution in [3.63, 3.8) is 0 Å². The Bertz CT molecular complexity index is 429. The quantitative estimate of drug-likeness (QED) is 0.767. The first kappa shape index (κ1) is 13.1.